The number of benzene rings is 1. The minimum Gasteiger partial charge on any atom is -0.481 e. The number of aliphatic carboxylic acids is 1. The van der Waals surface area contributed by atoms with E-state index in [1.54, 1.807) is 13.8 Å². The molecule has 18 heavy (non-hydrogen) atoms. The molecule has 0 aliphatic heterocycles. The van der Waals surface area contributed by atoms with E-state index in [-0.39, 0.29) is 5.56 Å². The molecule has 0 spiro atoms. The number of carbonyl (C=O) groups is 1. The maximum absolute atomic E-state index is 12.6. The Balaban J connectivity index is 2.50. The van der Waals surface area contributed by atoms with Crippen LogP contribution in [0.1, 0.15) is 31.4 Å². The van der Waals surface area contributed by atoms with Gasteiger partial charge in [-0.1, -0.05) is 32.0 Å². The first-order valence-electron chi connectivity index (χ1n) is 5.52. The minimum absolute atomic E-state index is 0.231. The molecular formula is C13H13F3O2. The first-order valence-corrected chi connectivity index (χ1v) is 5.52. The van der Waals surface area contributed by atoms with Crippen LogP contribution in [0.25, 0.3) is 0 Å². The van der Waals surface area contributed by atoms with E-state index in [4.69, 9.17) is 0 Å². The molecule has 5 heteroatoms. The van der Waals surface area contributed by atoms with Crippen LogP contribution < -0.4 is 0 Å². The van der Waals surface area contributed by atoms with Gasteiger partial charge in [-0.25, -0.2) is 0 Å². The Morgan fingerprint density at radius 1 is 1.33 bits per heavy atom. The number of hydrogen-bond donors (Lipinski definition) is 1. The first kappa shape index (κ1) is 12.9. The molecule has 1 atom stereocenters. The van der Waals surface area contributed by atoms with E-state index in [1.165, 1.54) is 12.1 Å². The lowest BCUT2D eigenvalue weighted by molar-refractivity contribution is -0.142. The van der Waals surface area contributed by atoms with Crippen molar-refractivity contribution in [2.24, 2.45) is 5.41 Å². The maximum atomic E-state index is 12.6. The quantitative estimate of drug-likeness (QED) is 0.882. The van der Waals surface area contributed by atoms with E-state index < -0.39 is 28.5 Å². The highest BCUT2D eigenvalue weighted by Gasteiger charge is 2.67. The molecule has 98 valence electrons. The van der Waals surface area contributed by atoms with Crippen LogP contribution in [0.4, 0.5) is 13.2 Å². The zero-order valence-corrected chi connectivity index (χ0v) is 10.0. The summed E-state index contributed by atoms with van der Waals surface area (Å²) in [6, 6.07) is 4.62. The van der Waals surface area contributed by atoms with Gasteiger partial charge in [0.15, 0.2) is 0 Å². The van der Waals surface area contributed by atoms with E-state index in [1.807, 2.05) is 0 Å². The lowest BCUT2D eigenvalue weighted by Gasteiger charge is -2.17. The van der Waals surface area contributed by atoms with Crippen molar-refractivity contribution in [3.05, 3.63) is 35.4 Å². The molecule has 2 rings (SSSR count). The Hall–Kier alpha value is -1.52. The number of alkyl halides is 3. The third-order valence-electron chi connectivity index (χ3n) is 3.79. The summed E-state index contributed by atoms with van der Waals surface area (Å²) in [7, 11) is 0. The molecule has 1 aliphatic carbocycles. The van der Waals surface area contributed by atoms with Gasteiger partial charge >= 0.3 is 12.1 Å². The van der Waals surface area contributed by atoms with E-state index in [9.17, 15) is 23.1 Å². The van der Waals surface area contributed by atoms with Crippen LogP contribution in [-0.2, 0) is 16.4 Å². The van der Waals surface area contributed by atoms with Crippen molar-refractivity contribution < 1.29 is 23.1 Å². The summed E-state index contributed by atoms with van der Waals surface area (Å²) in [6.07, 6.45) is -4.09. The van der Waals surface area contributed by atoms with Gasteiger partial charge in [0, 0.05) is 0 Å². The van der Waals surface area contributed by atoms with E-state index in [0.717, 1.165) is 12.1 Å². The molecule has 1 aromatic carbocycles. The Kier molecular flexibility index (Phi) is 2.51. The number of carboxylic acids is 1. The van der Waals surface area contributed by atoms with Gasteiger partial charge in [-0.05, 0) is 23.5 Å². The molecule has 0 amide bonds. The molecule has 1 fully saturated rings. The second-order valence-corrected chi connectivity index (χ2v) is 5.35. The summed E-state index contributed by atoms with van der Waals surface area (Å²) in [5.74, 6) is -1.06. The molecule has 0 heterocycles. The summed E-state index contributed by atoms with van der Waals surface area (Å²) < 4.78 is 37.9. The van der Waals surface area contributed by atoms with Crippen molar-refractivity contribution in [1.29, 1.82) is 0 Å². The van der Waals surface area contributed by atoms with Gasteiger partial charge < -0.3 is 5.11 Å². The van der Waals surface area contributed by atoms with E-state index >= 15 is 0 Å². The van der Waals surface area contributed by atoms with Gasteiger partial charge in [-0.15, -0.1) is 0 Å². The molecular weight excluding hydrogens is 245 g/mol. The lowest BCUT2D eigenvalue weighted by atomic mass is 9.87. The molecule has 0 saturated heterocycles. The standard InChI is InChI=1S/C13H13F3O2/c1-11(2)7-12(11,10(17)18)8-4-3-5-9(6-8)13(14,15)16/h3-6H,7H2,1-2H3,(H,17,18). The fourth-order valence-electron chi connectivity index (χ4n) is 2.56. The molecule has 0 aromatic heterocycles. The van der Waals surface area contributed by atoms with Gasteiger partial charge in [0.1, 0.15) is 0 Å². The van der Waals surface area contributed by atoms with Crippen LogP contribution in [-0.4, -0.2) is 11.1 Å². The maximum Gasteiger partial charge on any atom is 0.416 e. The topological polar surface area (TPSA) is 37.3 Å². The van der Waals surface area contributed by atoms with Gasteiger partial charge in [0.05, 0.1) is 11.0 Å². The molecule has 1 N–H and O–H groups in total. The fraction of sp³-hybridized carbons (Fsp3) is 0.462. The lowest BCUT2D eigenvalue weighted by Crippen LogP contribution is -2.26. The van der Waals surface area contributed by atoms with Gasteiger partial charge in [-0.3, -0.25) is 4.79 Å². The molecule has 1 unspecified atom stereocenters. The molecule has 1 aliphatic rings. The van der Waals surface area contributed by atoms with E-state index in [2.05, 4.69) is 0 Å². The number of rotatable bonds is 2. The summed E-state index contributed by atoms with van der Waals surface area (Å²) in [4.78, 5) is 11.4. The molecule has 0 bridgehead atoms. The van der Waals surface area contributed by atoms with Crippen molar-refractivity contribution in [1.82, 2.24) is 0 Å². The van der Waals surface area contributed by atoms with Crippen LogP contribution in [0.2, 0.25) is 0 Å². The molecule has 0 radical (unpaired) electrons. The number of carboxylic acid groups (broad SMARTS) is 1. The predicted molar refractivity (Wildman–Crippen MR) is 59.2 cm³/mol. The second-order valence-electron chi connectivity index (χ2n) is 5.35. The second kappa shape index (κ2) is 3.49. The summed E-state index contributed by atoms with van der Waals surface area (Å²) in [5.41, 5.74) is -2.27. The van der Waals surface area contributed by atoms with Crippen molar-refractivity contribution in [2.75, 3.05) is 0 Å². The van der Waals surface area contributed by atoms with E-state index in [0.29, 0.717) is 6.42 Å². The van der Waals surface area contributed by atoms with Crippen molar-refractivity contribution in [3.63, 3.8) is 0 Å². The van der Waals surface area contributed by atoms with Crippen molar-refractivity contribution >= 4 is 5.97 Å². The molecule has 1 saturated carbocycles. The normalized spacial score (nSPS) is 25.8. The minimum atomic E-state index is -4.45. The van der Waals surface area contributed by atoms with Crippen molar-refractivity contribution in [3.8, 4) is 0 Å². The van der Waals surface area contributed by atoms with Crippen LogP contribution in [0, 0.1) is 5.41 Å². The Morgan fingerprint density at radius 3 is 2.28 bits per heavy atom. The average molecular weight is 258 g/mol. The average Bonchev–Trinajstić information content (AvgIpc) is 2.82. The van der Waals surface area contributed by atoms with Gasteiger partial charge in [-0.2, -0.15) is 13.2 Å². The fourth-order valence-corrected chi connectivity index (χ4v) is 2.56. The third-order valence-corrected chi connectivity index (χ3v) is 3.79. The van der Waals surface area contributed by atoms with Crippen LogP contribution in [0.3, 0.4) is 0 Å². The Labute approximate surface area is 102 Å². The highest BCUT2D eigenvalue weighted by molar-refractivity contribution is 5.87. The van der Waals surface area contributed by atoms with Crippen LogP contribution >= 0.6 is 0 Å². The monoisotopic (exact) mass is 258 g/mol. The highest BCUT2D eigenvalue weighted by Crippen LogP contribution is 2.64. The zero-order valence-electron chi connectivity index (χ0n) is 10.0. The molecule has 1 aromatic rings. The first-order chi connectivity index (χ1) is 8.11. The van der Waals surface area contributed by atoms with Gasteiger partial charge in [0.25, 0.3) is 0 Å². The van der Waals surface area contributed by atoms with Gasteiger partial charge in [0.2, 0.25) is 0 Å². The SMILES string of the molecule is CC1(C)CC1(C(=O)O)c1cccc(C(F)(F)F)c1. The Bertz CT molecular complexity index is 505. The summed E-state index contributed by atoms with van der Waals surface area (Å²) in [5, 5.41) is 9.31. The third kappa shape index (κ3) is 1.69. The highest BCUT2D eigenvalue weighted by atomic mass is 19.4. The number of halogens is 3. The summed E-state index contributed by atoms with van der Waals surface area (Å²) in [6.45, 7) is 3.50. The molecule has 2 nitrogen and oxygen atoms in total. The van der Waals surface area contributed by atoms with Crippen molar-refractivity contribution in [2.45, 2.75) is 31.9 Å². The Morgan fingerprint density at radius 2 is 1.89 bits per heavy atom. The smallest absolute Gasteiger partial charge is 0.416 e. The van der Waals surface area contributed by atoms with Crippen LogP contribution in [0.5, 0.6) is 0 Å². The largest absolute Gasteiger partial charge is 0.481 e. The number of hydrogen-bond acceptors (Lipinski definition) is 1. The predicted octanol–water partition coefficient (Wildman–Crippen LogP) is 3.46. The van der Waals surface area contributed by atoms with Crippen LogP contribution in [0.15, 0.2) is 24.3 Å². The summed E-state index contributed by atoms with van der Waals surface area (Å²) >= 11 is 0. The zero-order chi connectivity index (χ0) is 13.8.